The second-order valence-electron chi connectivity index (χ2n) is 4.14. The number of aromatic amines is 1. The molecule has 0 spiro atoms. The molecule has 2 aromatic heterocycles. The normalized spacial score (nSPS) is 11.2. The third-order valence-corrected chi connectivity index (χ3v) is 3.75. The molecule has 2 heterocycles. The fourth-order valence-corrected chi connectivity index (χ4v) is 2.33. The summed E-state index contributed by atoms with van der Waals surface area (Å²) in [4.78, 5) is 18.6. The Hall–Kier alpha value is -1.88. The zero-order chi connectivity index (χ0) is 12.9. The Balaban J connectivity index is 2.40. The zero-order valence-corrected chi connectivity index (χ0v) is 11.1. The van der Waals surface area contributed by atoms with Crippen LogP contribution in [0.2, 0.25) is 0 Å². The number of rotatable bonds is 1. The highest BCUT2D eigenvalue weighted by molar-refractivity contribution is 9.10. The molecule has 0 aliphatic carbocycles. The van der Waals surface area contributed by atoms with Crippen molar-refractivity contribution in [1.82, 2.24) is 9.97 Å². The smallest absolute Gasteiger partial charge is 0.335 e. The van der Waals surface area contributed by atoms with Crippen LogP contribution in [0.1, 0.15) is 16.1 Å². The number of hydrogen-bond acceptors (Lipinski definition) is 2. The molecule has 4 nitrogen and oxygen atoms in total. The van der Waals surface area contributed by atoms with Crippen LogP contribution in [0.25, 0.3) is 21.9 Å². The number of aromatic nitrogens is 2. The minimum atomic E-state index is -0.930. The van der Waals surface area contributed by atoms with E-state index < -0.39 is 5.97 Å². The number of nitrogens with one attached hydrogen (secondary N) is 1. The largest absolute Gasteiger partial charge is 0.478 e. The quantitative estimate of drug-likeness (QED) is 0.723. The van der Waals surface area contributed by atoms with Crippen LogP contribution in [0.4, 0.5) is 0 Å². The first-order chi connectivity index (χ1) is 8.56. The van der Waals surface area contributed by atoms with Crippen molar-refractivity contribution >= 4 is 43.8 Å². The fraction of sp³-hybridized carbons (Fsp3) is 0.0769. The van der Waals surface area contributed by atoms with Gasteiger partial charge in [0.2, 0.25) is 0 Å². The van der Waals surface area contributed by atoms with Crippen molar-refractivity contribution in [2.45, 2.75) is 6.92 Å². The van der Waals surface area contributed by atoms with Gasteiger partial charge in [0.1, 0.15) is 0 Å². The monoisotopic (exact) mass is 304 g/mol. The Morgan fingerprint density at radius 1 is 1.33 bits per heavy atom. The number of benzene rings is 1. The van der Waals surface area contributed by atoms with Gasteiger partial charge in [-0.05, 0) is 47.1 Å². The van der Waals surface area contributed by atoms with Crippen molar-refractivity contribution in [3.05, 3.63) is 40.0 Å². The average Bonchev–Trinajstić information content (AvgIpc) is 2.66. The van der Waals surface area contributed by atoms with Gasteiger partial charge in [-0.2, -0.15) is 0 Å². The number of carboxylic acid groups (broad SMARTS) is 1. The van der Waals surface area contributed by atoms with Gasteiger partial charge < -0.3 is 10.1 Å². The molecule has 5 heteroatoms. The zero-order valence-electron chi connectivity index (χ0n) is 9.49. The van der Waals surface area contributed by atoms with Crippen LogP contribution in [-0.2, 0) is 0 Å². The number of H-pyrrole nitrogens is 1. The molecule has 3 rings (SSSR count). The number of fused-ring (bicyclic) bond motifs is 3. The number of carboxylic acids is 1. The number of nitrogens with zero attached hydrogens (tertiary/aromatic N) is 1. The number of pyridine rings is 1. The molecule has 90 valence electrons. The highest BCUT2D eigenvalue weighted by atomic mass is 79.9. The van der Waals surface area contributed by atoms with E-state index in [9.17, 15) is 4.79 Å². The summed E-state index contributed by atoms with van der Waals surface area (Å²) in [6, 6.07) is 6.97. The van der Waals surface area contributed by atoms with E-state index >= 15 is 0 Å². The number of halogens is 1. The van der Waals surface area contributed by atoms with Crippen LogP contribution >= 0.6 is 15.9 Å². The maximum atomic E-state index is 10.9. The van der Waals surface area contributed by atoms with Gasteiger partial charge in [0.15, 0.2) is 0 Å². The Kier molecular flexibility index (Phi) is 2.38. The van der Waals surface area contributed by atoms with E-state index in [1.807, 2.05) is 13.0 Å². The summed E-state index contributed by atoms with van der Waals surface area (Å²) < 4.78 is 0.931. The lowest BCUT2D eigenvalue weighted by Crippen LogP contribution is -1.94. The summed E-state index contributed by atoms with van der Waals surface area (Å²) in [5.74, 6) is -0.930. The molecule has 0 amide bonds. The molecule has 0 aliphatic rings. The summed E-state index contributed by atoms with van der Waals surface area (Å²) in [6.45, 7) is 1.92. The SMILES string of the molecule is Cc1nc2c(cc1Br)[nH]c1cc(C(=O)O)ccc12. The second kappa shape index (κ2) is 3.81. The predicted molar refractivity (Wildman–Crippen MR) is 73.0 cm³/mol. The third kappa shape index (κ3) is 1.59. The van der Waals surface area contributed by atoms with Gasteiger partial charge in [0, 0.05) is 15.4 Å². The Morgan fingerprint density at radius 3 is 2.83 bits per heavy atom. The molecule has 0 atom stereocenters. The van der Waals surface area contributed by atoms with Gasteiger partial charge in [0.05, 0.1) is 22.3 Å². The van der Waals surface area contributed by atoms with Crippen molar-refractivity contribution in [1.29, 1.82) is 0 Å². The van der Waals surface area contributed by atoms with E-state index in [1.165, 1.54) is 0 Å². The summed E-state index contributed by atoms with van der Waals surface area (Å²) in [7, 11) is 0. The van der Waals surface area contributed by atoms with Gasteiger partial charge in [0.25, 0.3) is 0 Å². The minimum Gasteiger partial charge on any atom is -0.478 e. The van der Waals surface area contributed by atoms with Crippen LogP contribution in [0.15, 0.2) is 28.7 Å². The van der Waals surface area contributed by atoms with Gasteiger partial charge in [-0.25, -0.2) is 9.78 Å². The molecule has 0 bridgehead atoms. The van der Waals surface area contributed by atoms with Crippen molar-refractivity contribution in [3.63, 3.8) is 0 Å². The van der Waals surface area contributed by atoms with Crippen LogP contribution in [0, 0.1) is 6.92 Å². The molecule has 0 saturated carbocycles. The molecule has 0 unspecified atom stereocenters. The lowest BCUT2D eigenvalue weighted by atomic mass is 10.1. The topological polar surface area (TPSA) is 66.0 Å². The standard InChI is InChI=1S/C13H9BrN2O2/c1-6-9(14)5-11-12(15-6)8-3-2-7(13(17)18)4-10(8)16-11/h2-5,16H,1H3,(H,17,18). The molecule has 0 saturated heterocycles. The van der Waals surface area contributed by atoms with Gasteiger partial charge in [-0.15, -0.1) is 0 Å². The molecular formula is C13H9BrN2O2. The molecule has 0 fully saturated rings. The van der Waals surface area contributed by atoms with Gasteiger partial charge in [-0.3, -0.25) is 0 Å². The molecule has 2 N–H and O–H groups in total. The third-order valence-electron chi connectivity index (χ3n) is 2.94. The molecule has 1 aromatic carbocycles. The highest BCUT2D eigenvalue weighted by Crippen LogP contribution is 2.28. The Morgan fingerprint density at radius 2 is 2.11 bits per heavy atom. The maximum absolute atomic E-state index is 10.9. The summed E-state index contributed by atoms with van der Waals surface area (Å²) in [5, 5.41) is 9.91. The van der Waals surface area contributed by atoms with Crippen molar-refractivity contribution in [3.8, 4) is 0 Å². The summed E-state index contributed by atoms with van der Waals surface area (Å²) in [5.41, 5.74) is 3.72. The van der Waals surface area contributed by atoms with E-state index in [0.29, 0.717) is 0 Å². The summed E-state index contributed by atoms with van der Waals surface area (Å²) in [6.07, 6.45) is 0. The maximum Gasteiger partial charge on any atom is 0.335 e. The fourth-order valence-electron chi connectivity index (χ4n) is 2.01. The Labute approximate surface area is 111 Å². The van der Waals surface area contributed by atoms with E-state index in [2.05, 4.69) is 25.9 Å². The van der Waals surface area contributed by atoms with Crippen LogP contribution < -0.4 is 0 Å². The van der Waals surface area contributed by atoms with Crippen molar-refractivity contribution in [2.75, 3.05) is 0 Å². The minimum absolute atomic E-state index is 0.268. The number of carbonyl (C=O) groups is 1. The molecule has 0 radical (unpaired) electrons. The van der Waals surface area contributed by atoms with Crippen molar-refractivity contribution < 1.29 is 9.90 Å². The number of hydrogen-bond donors (Lipinski definition) is 2. The number of aryl methyl sites for hydroxylation is 1. The lowest BCUT2D eigenvalue weighted by Gasteiger charge is -1.97. The van der Waals surface area contributed by atoms with Gasteiger partial charge in [-0.1, -0.05) is 0 Å². The number of aromatic carboxylic acids is 1. The average molecular weight is 305 g/mol. The molecule has 18 heavy (non-hydrogen) atoms. The van der Waals surface area contributed by atoms with Crippen molar-refractivity contribution in [2.24, 2.45) is 0 Å². The van der Waals surface area contributed by atoms with E-state index in [0.717, 1.165) is 32.1 Å². The molecular weight excluding hydrogens is 296 g/mol. The van der Waals surface area contributed by atoms with E-state index in [-0.39, 0.29) is 5.56 Å². The lowest BCUT2D eigenvalue weighted by molar-refractivity contribution is 0.0697. The summed E-state index contributed by atoms with van der Waals surface area (Å²) >= 11 is 3.43. The van der Waals surface area contributed by atoms with E-state index in [4.69, 9.17) is 5.11 Å². The van der Waals surface area contributed by atoms with Crippen LogP contribution in [0.5, 0.6) is 0 Å². The Bertz CT molecular complexity index is 792. The first-order valence-corrected chi connectivity index (χ1v) is 6.17. The second-order valence-corrected chi connectivity index (χ2v) is 5.00. The van der Waals surface area contributed by atoms with Gasteiger partial charge >= 0.3 is 5.97 Å². The predicted octanol–water partition coefficient (Wildman–Crippen LogP) is 3.49. The molecule has 3 aromatic rings. The van der Waals surface area contributed by atoms with Crippen LogP contribution in [0.3, 0.4) is 0 Å². The van der Waals surface area contributed by atoms with Crippen LogP contribution in [-0.4, -0.2) is 21.0 Å². The highest BCUT2D eigenvalue weighted by Gasteiger charge is 2.10. The molecule has 0 aliphatic heterocycles. The van der Waals surface area contributed by atoms with E-state index in [1.54, 1.807) is 18.2 Å². The first kappa shape index (κ1) is 11.2. The first-order valence-electron chi connectivity index (χ1n) is 5.38.